The second-order valence-electron chi connectivity index (χ2n) is 7.50. The van der Waals surface area contributed by atoms with Crippen molar-refractivity contribution in [3.63, 3.8) is 0 Å². The molecule has 0 aliphatic carbocycles. The predicted octanol–water partition coefficient (Wildman–Crippen LogP) is 3.48. The zero-order valence-electron chi connectivity index (χ0n) is 17.0. The van der Waals surface area contributed by atoms with Gasteiger partial charge in [0, 0.05) is 28.9 Å². The van der Waals surface area contributed by atoms with Gasteiger partial charge in [0.2, 0.25) is 5.91 Å². The van der Waals surface area contributed by atoms with Crippen molar-refractivity contribution in [2.45, 2.75) is 32.2 Å². The van der Waals surface area contributed by atoms with E-state index in [2.05, 4.69) is 31.6 Å². The molecule has 1 fully saturated rings. The van der Waals surface area contributed by atoms with Crippen LogP contribution in [0, 0.1) is 6.92 Å². The standard InChI is InChI=1S/C22H26N6OS/c1-16-13-25-22(30-16)27-20-7-4-6-19(26-20)17-8-11-28(12-9-17)15-21(29)24-14-18-5-2-3-10-23-18/h2-7,10,13,17H,8-9,11-12,14-15H2,1H3,(H,24,29)(H,25,26,27). The van der Waals surface area contributed by atoms with Gasteiger partial charge in [-0.1, -0.05) is 12.1 Å². The van der Waals surface area contributed by atoms with E-state index >= 15 is 0 Å². The number of carbonyl (C=O) groups is 1. The summed E-state index contributed by atoms with van der Waals surface area (Å²) in [6, 6.07) is 11.8. The first-order valence-electron chi connectivity index (χ1n) is 10.2. The molecule has 0 aromatic carbocycles. The van der Waals surface area contributed by atoms with Crippen LogP contribution in [0.3, 0.4) is 0 Å². The molecule has 4 heterocycles. The van der Waals surface area contributed by atoms with Crippen molar-refractivity contribution in [2.24, 2.45) is 0 Å². The minimum absolute atomic E-state index is 0.0437. The van der Waals surface area contributed by atoms with E-state index < -0.39 is 0 Å². The number of anilines is 2. The van der Waals surface area contributed by atoms with Crippen LogP contribution in [0.15, 0.2) is 48.8 Å². The highest BCUT2D eigenvalue weighted by atomic mass is 32.1. The van der Waals surface area contributed by atoms with Gasteiger partial charge in [0.15, 0.2) is 5.13 Å². The molecule has 0 unspecified atom stereocenters. The summed E-state index contributed by atoms with van der Waals surface area (Å²) in [5.74, 6) is 1.29. The molecule has 0 atom stereocenters. The highest BCUT2D eigenvalue weighted by Crippen LogP contribution is 2.28. The summed E-state index contributed by atoms with van der Waals surface area (Å²) in [6.07, 6.45) is 5.60. The molecular weight excluding hydrogens is 396 g/mol. The van der Waals surface area contributed by atoms with E-state index in [1.165, 1.54) is 4.88 Å². The van der Waals surface area contributed by atoms with Gasteiger partial charge in [-0.15, -0.1) is 11.3 Å². The fourth-order valence-electron chi connectivity index (χ4n) is 3.61. The molecule has 3 aromatic heterocycles. The molecule has 1 aliphatic heterocycles. The van der Waals surface area contributed by atoms with Crippen molar-refractivity contribution >= 4 is 28.2 Å². The zero-order valence-corrected chi connectivity index (χ0v) is 17.9. The monoisotopic (exact) mass is 422 g/mol. The van der Waals surface area contributed by atoms with Crippen molar-refractivity contribution in [3.05, 3.63) is 65.1 Å². The molecule has 0 saturated carbocycles. The van der Waals surface area contributed by atoms with E-state index in [9.17, 15) is 4.79 Å². The van der Waals surface area contributed by atoms with Crippen molar-refractivity contribution in [1.29, 1.82) is 0 Å². The summed E-state index contributed by atoms with van der Waals surface area (Å²) >= 11 is 1.62. The Bertz CT molecular complexity index is 969. The fraction of sp³-hybridized carbons (Fsp3) is 0.364. The molecule has 4 rings (SSSR count). The highest BCUT2D eigenvalue weighted by Gasteiger charge is 2.23. The third-order valence-corrected chi connectivity index (χ3v) is 6.02. The number of hydrogen-bond donors (Lipinski definition) is 2. The number of piperidine rings is 1. The Morgan fingerprint density at radius 1 is 1.17 bits per heavy atom. The van der Waals surface area contributed by atoms with Crippen LogP contribution in [0.5, 0.6) is 0 Å². The van der Waals surface area contributed by atoms with Gasteiger partial charge in [-0.05, 0) is 57.1 Å². The molecule has 8 heteroatoms. The summed E-state index contributed by atoms with van der Waals surface area (Å²) < 4.78 is 0. The van der Waals surface area contributed by atoms with Crippen LogP contribution in [0.2, 0.25) is 0 Å². The number of carbonyl (C=O) groups excluding carboxylic acids is 1. The second kappa shape index (κ2) is 9.77. The average Bonchev–Trinajstić information content (AvgIpc) is 3.18. The summed E-state index contributed by atoms with van der Waals surface area (Å²) in [6.45, 7) is 4.73. The van der Waals surface area contributed by atoms with Crippen LogP contribution in [0.4, 0.5) is 10.9 Å². The summed E-state index contributed by atoms with van der Waals surface area (Å²) in [5.41, 5.74) is 1.98. The molecule has 0 radical (unpaired) electrons. The first-order valence-corrected chi connectivity index (χ1v) is 11.0. The number of rotatable bonds is 7. The quantitative estimate of drug-likeness (QED) is 0.607. The largest absolute Gasteiger partial charge is 0.349 e. The number of hydrogen-bond acceptors (Lipinski definition) is 7. The number of nitrogens with one attached hydrogen (secondary N) is 2. The predicted molar refractivity (Wildman–Crippen MR) is 119 cm³/mol. The Balaban J connectivity index is 1.25. The summed E-state index contributed by atoms with van der Waals surface area (Å²) in [4.78, 5) is 29.0. The van der Waals surface area contributed by atoms with Gasteiger partial charge >= 0.3 is 0 Å². The number of likely N-dealkylation sites (tertiary alicyclic amines) is 1. The van der Waals surface area contributed by atoms with Crippen LogP contribution in [0.25, 0.3) is 0 Å². The first-order chi connectivity index (χ1) is 14.7. The van der Waals surface area contributed by atoms with Crippen molar-refractivity contribution in [1.82, 2.24) is 25.2 Å². The van der Waals surface area contributed by atoms with Crippen LogP contribution in [0.1, 0.15) is 35.0 Å². The number of aromatic nitrogens is 3. The molecule has 1 saturated heterocycles. The molecule has 3 aromatic rings. The fourth-order valence-corrected chi connectivity index (χ4v) is 4.28. The van der Waals surface area contributed by atoms with Crippen LogP contribution in [-0.2, 0) is 11.3 Å². The third-order valence-electron chi connectivity index (χ3n) is 5.19. The van der Waals surface area contributed by atoms with E-state index in [1.807, 2.05) is 43.5 Å². The Morgan fingerprint density at radius 2 is 2.03 bits per heavy atom. The minimum Gasteiger partial charge on any atom is -0.349 e. The molecular formula is C22H26N6OS. The number of thiazole rings is 1. The van der Waals surface area contributed by atoms with E-state index in [1.54, 1.807) is 17.5 Å². The Hall–Kier alpha value is -2.84. The van der Waals surface area contributed by atoms with Crippen LogP contribution < -0.4 is 10.6 Å². The van der Waals surface area contributed by atoms with E-state index in [0.717, 1.165) is 48.3 Å². The van der Waals surface area contributed by atoms with Gasteiger partial charge in [-0.3, -0.25) is 14.7 Å². The van der Waals surface area contributed by atoms with Crippen molar-refractivity contribution in [3.8, 4) is 0 Å². The first kappa shape index (κ1) is 20.4. The summed E-state index contributed by atoms with van der Waals surface area (Å²) in [7, 11) is 0. The molecule has 30 heavy (non-hydrogen) atoms. The maximum atomic E-state index is 12.2. The molecule has 7 nitrogen and oxygen atoms in total. The molecule has 1 amide bonds. The van der Waals surface area contributed by atoms with E-state index in [0.29, 0.717) is 19.0 Å². The van der Waals surface area contributed by atoms with Crippen LogP contribution in [-0.4, -0.2) is 45.4 Å². The molecule has 1 aliphatic rings. The smallest absolute Gasteiger partial charge is 0.234 e. The molecule has 0 spiro atoms. The van der Waals surface area contributed by atoms with Gasteiger partial charge in [0.05, 0.1) is 18.8 Å². The van der Waals surface area contributed by atoms with E-state index in [4.69, 9.17) is 4.98 Å². The van der Waals surface area contributed by atoms with E-state index in [-0.39, 0.29) is 5.91 Å². The van der Waals surface area contributed by atoms with Crippen molar-refractivity contribution in [2.75, 3.05) is 25.0 Å². The maximum absolute atomic E-state index is 12.2. The zero-order chi connectivity index (χ0) is 20.8. The lowest BCUT2D eigenvalue weighted by Gasteiger charge is -2.31. The normalized spacial score (nSPS) is 15.1. The van der Waals surface area contributed by atoms with Gasteiger partial charge in [-0.2, -0.15) is 0 Å². The Labute approximate surface area is 180 Å². The average molecular weight is 423 g/mol. The number of amides is 1. The summed E-state index contributed by atoms with van der Waals surface area (Å²) in [5, 5.41) is 7.11. The van der Waals surface area contributed by atoms with Gasteiger partial charge < -0.3 is 10.6 Å². The molecule has 156 valence electrons. The molecule has 2 N–H and O–H groups in total. The van der Waals surface area contributed by atoms with Gasteiger partial charge in [0.25, 0.3) is 0 Å². The lowest BCUT2D eigenvalue weighted by atomic mass is 9.93. The topological polar surface area (TPSA) is 83.0 Å². The number of pyridine rings is 2. The van der Waals surface area contributed by atoms with Crippen molar-refractivity contribution < 1.29 is 4.79 Å². The Kier molecular flexibility index (Phi) is 6.66. The maximum Gasteiger partial charge on any atom is 0.234 e. The lowest BCUT2D eigenvalue weighted by molar-refractivity contribution is -0.122. The van der Waals surface area contributed by atoms with Gasteiger partial charge in [0.1, 0.15) is 5.82 Å². The third kappa shape index (κ3) is 5.61. The minimum atomic E-state index is 0.0437. The SMILES string of the molecule is Cc1cnc(Nc2cccc(C3CCN(CC(=O)NCc4ccccn4)CC3)n2)s1. The Morgan fingerprint density at radius 3 is 2.77 bits per heavy atom. The second-order valence-corrected chi connectivity index (χ2v) is 8.73. The van der Waals surface area contributed by atoms with Gasteiger partial charge in [-0.25, -0.2) is 9.97 Å². The van der Waals surface area contributed by atoms with Crippen LogP contribution >= 0.6 is 11.3 Å². The lowest BCUT2D eigenvalue weighted by Crippen LogP contribution is -2.41. The number of aryl methyl sites for hydroxylation is 1. The molecule has 0 bridgehead atoms. The number of nitrogens with zero attached hydrogens (tertiary/aromatic N) is 4. The highest BCUT2D eigenvalue weighted by molar-refractivity contribution is 7.15.